The van der Waals surface area contributed by atoms with Gasteiger partial charge >= 0.3 is 0 Å². The van der Waals surface area contributed by atoms with Crippen LogP contribution in [0.15, 0.2) is 29.0 Å². The maximum absolute atomic E-state index is 5.59. The van der Waals surface area contributed by atoms with Crippen LogP contribution >= 0.6 is 15.9 Å². The van der Waals surface area contributed by atoms with E-state index in [9.17, 15) is 0 Å². The summed E-state index contributed by atoms with van der Waals surface area (Å²) in [7, 11) is 1.65. The van der Waals surface area contributed by atoms with E-state index in [1.807, 2.05) is 31.5 Å². The summed E-state index contributed by atoms with van der Waals surface area (Å²) in [5, 5.41) is 10.2. The van der Waals surface area contributed by atoms with Gasteiger partial charge in [0, 0.05) is 24.3 Å². The quantitative estimate of drug-likeness (QED) is 0.800. The number of hydrogen-bond acceptors (Lipinski definition) is 4. The highest BCUT2D eigenvalue weighted by Crippen LogP contribution is 2.36. The molecule has 0 amide bonds. The number of H-pyrrole nitrogens is 1. The minimum atomic E-state index is 0.222. The standard InChI is InChI=1S/C15H20BrN3O2/c1-4-21-15-13(16)5-11(6-14(15)20-3)7-17-10(2)12-8-18-19-9-12/h5-6,8-10,17H,4,7H2,1-3H3,(H,18,19). The van der Waals surface area contributed by atoms with E-state index in [4.69, 9.17) is 9.47 Å². The van der Waals surface area contributed by atoms with Gasteiger partial charge in [-0.2, -0.15) is 5.10 Å². The first-order chi connectivity index (χ1) is 10.2. The third-order valence-electron chi connectivity index (χ3n) is 3.21. The van der Waals surface area contributed by atoms with E-state index >= 15 is 0 Å². The maximum Gasteiger partial charge on any atom is 0.175 e. The third kappa shape index (κ3) is 3.98. The lowest BCUT2D eigenvalue weighted by atomic mass is 10.1. The Morgan fingerprint density at radius 2 is 2.24 bits per heavy atom. The molecule has 0 saturated carbocycles. The zero-order valence-electron chi connectivity index (χ0n) is 12.4. The van der Waals surface area contributed by atoms with Crippen molar-refractivity contribution in [2.45, 2.75) is 26.4 Å². The minimum Gasteiger partial charge on any atom is -0.493 e. The van der Waals surface area contributed by atoms with E-state index in [1.54, 1.807) is 7.11 Å². The highest BCUT2D eigenvalue weighted by atomic mass is 79.9. The molecule has 1 unspecified atom stereocenters. The van der Waals surface area contributed by atoms with E-state index in [-0.39, 0.29) is 6.04 Å². The van der Waals surface area contributed by atoms with Gasteiger partial charge in [0.05, 0.1) is 24.4 Å². The van der Waals surface area contributed by atoms with Crippen LogP contribution < -0.4 is 14.8 Å². The van der Waals surface area contributed by atoms with E-state index < -0.39 is 0 Å². The van der Waals surface area contributed by atoms with Gasteiger partial charge in [0.1, 0.15) is 0 Å². The third-order valence-corrected chi connectivity index (χ3v) is 3.80. The van der Waals surface area contributed by atoms with Crippen LogP contribution in [-0.2, 0) is 6.54 Å². The van der Waals surface area contributed by atoms with E-state index in [1.165, 1.54) is 0 Å². The molecule has 114 valence electrons. The van der Waals surface area contributed by atoms with E-state index in [0.717, 1.165) is 33.6 Å². The van der Waals surface area contributed by atoms with Gasteiger partial charge in [-0.1, -0.05) is 0 Å². The van der Waals surface area contributed by atoms with Crippen molar-refractivity contribution in [1.29, 1.82) is 0 Å². The number of rotatable bonds is 7. The average Bonchev–Trinajstić information content (AvgIpc) is 3.01. The minimum absolute atomic E-state index is 0.222. The van der Waals surface area contributed by atoms with Crippen molar-refractivity contribution in [3.8, 4) is 11.5 Å². The second kappa shape index (κ2) is 7.47. The van der Waals surface area contributed by atoms with Crippen LogP contribution in [0.4, 0.5) is 0 Å². The highest BCUT2D eigenvalue weighted by molar-refractivity contribution is 9.10. The molecule has 5 nitrogen and oxygen atoms in total. The molecule has 2 N–H and O–H groups in total. The molecule has 0 aliphatic carbocycles. The lowest BCUT2D eigenvalue weighted by Crippen LogP contribution is -2.17. The molecule has 0 radical (unpaired) electrons. The molecule has 6 heteroatoms. The van der Waals surface area contributed by atoms with Crippen LogP contribution in [0.2, 0.25) is 0 Å². The largest absolute Gasteiger partial charge is 0.493 e. The molecule has 0 spiro atoms. The molecule has 2 rings (SSSR count). The summed E-state index contributed by atoms with van der Waals surface area (Å²) < 4.78 is 11.9. The fourth-order valence-corrected chi connectivity index (χ4v) is 2.65. The van der Waals surface area contributed by atoms with Gasteiger partial charge in [0.15, 0.2) is 11.5 Å². The number of methoxy groups -OCH3 is 1. The lowest BCUT2D eigenvalue weighted by Gasteiger charge is -2.15. The van der Waals surface area contributed by atoms with Crippen LogP contribution in [-0.4, -0.2) is 23.9 Å². The zero-order valence-corrected chi connectivity index (χ0v) is 14.0. The number of benzene rings is 1. The second-order valence-corrected chi connectivity index (χ2v) is 5.53. The van der Waals surface area contributed by atoms with Gasteiger partial charge in [0.2, 0.25) is 0 Å². The summed E-state index contributed by atoms with van der Waals surface area (Å²) in [6.45, 7) is 5.39. The van der Waals surface area contributed by atoms with Crippen molar-refractivity contribution in [1.82, 2.24) is 15.5 Å². The lowest BCUT2D eigenvalue weighted by molar-refractivity contribution is 0.308. The van der Waals surface area contributed by atoms with Crippen LogP contribution in [0.1, 0.15) is 31.0 Å². The van der Waals surface area contributed by atoms with Crippen LogP contribution in [0.25, 0.3) is 0 Å². The van der Waals surface area contributed by atoms with Crippen molar-refractivity contribution in [3.63, 3.8) is 0 Å². The number of nitrogens with zero attached hydrogens (tertiary/aromatic N) is 1. The molecule has 1 aromatic carbocycles. The molecule has 0 fully saturated rings. The van der Waals surface area contributed by atoms with Gasteiger partial charge in [-0.05, 0) is 47.5 Å². The number of aromatic nitrogens is 2. The van der Waals surface area contributed by atoms with Crippen molar-refractivity contribution in [2.75, 3.05) is 13.7 Å². The summed E-state index contributed by atoms with van der Waals surface area (Å²) in [5.41, 5.74) is 2.25. The second-order valence-electron chi connectivity index (χ2n) is 4.68. The van der Waals surface area contributed by atoms with E-state index in [2.05, 4.69) is 38.4 Å². The molecule has 1 aromatic heterocycles. The summed E-state index contributed by atoms with van der Waals surface area (Å²) >= 11 is 3.54. The summed E-state index contributed by atoms with van der Waals surface area (Å²) in [5.74, 6) is 1.48. The molecule has 0 saturated heterocycles. The van der Waals surface area contributed by atoms with Crippen molar-refractivity contribution in [3.05, 3.63) is 40.1 Å². The first-order valence-electron chi connectivity index (χ1n) is 6.87. The Morgan fingerprint density at radius 3 is 2.86 bits per heavy atom. The number of halogens is 1. The Balaban J connectivity index is 2.08. The number of aromatic amines is 1. The van der Waals surface area contributed by atoms with Gasteiger partial charge in [0.25, 0.3) is 0 Å². The molecular weight excluding hydrogens is 334 g/mol. The molecular formula is C15H20BrN3O2. The highest BCUT2D eigenvalue weighted by Gasteiger charge is 2.12. The monoisotopic (exact) mass is 353 g/mol. The topological polar surface area (TPSA) is 59.2 Å². The first kappa shape index (κ1) is 15.9. The molecule has 1 heterocycles. The van der Waals surface area contributed by atoms with Crippen LogP contribution in [0.5, 0.6) is 11.5 Å². The van der Waals surface area contributed by atoms with Crippen LogP contribution in [0, 0.1) is 0 Å². The Hall–Kier alpha value is -1.53. The van der Waals surface area contributed by atoms with Gasteiger partial charge in [-0.25, -0.2) is 0 Å². The maximum atomic E-state index is 5.59. The Labute approximate surface area is 133 Å². The van der Waals surface area contributed by atoms with Crippen LogP contribution in [0.3, 0.4) is 0 Å². The van der Waals surface area contributed by atoms with E-state index in [0.29, 0.717) is 6.61 Å². The van der Waals surface area contributed by atoms with Crippen molar-refractivity contribution in [2.24, 2.45) is 0 Å². The number of ether oxygens (including phenoxy) is 2. The number of nitrogens with one attached hydrogen (secondary N) is 2. The van der Waals surface area contributed by atoms with Gasteiger partial charge in [-0.3, -0.25) is 5.10 Å². The Bertz CT molecular complexity index is 573. The Morgan fingerprint density at radius 1 is 1.43 bits per heavy atom. The molecule has 21 heavy (non-hydrogen) atoms. The predicted octanol–water partition coefficient (Wildman–Crippen LogP) is 3.43. The normalized spacial score (nSPS) is 12.2. The molecule has 2 aromatic rings. The van der Waals surface area contributed by atoms with Crippen molar-refractivity contribution < 1.29 is 9.47 Å². The zero-order chi connectivity index (χ0) is 15.2. The van der Waals surface area contributed by atoms with Gasteiger partial charge in [-0.15, -0.1) is 0 Å². The smallest absolute Gasteiger partial charge is 0.175 e. The predicted molar refractivity (Wildman–Crippen MR) is 85.7 cm³/mol. The fourth-order valence-electron chi connectivity index (χ4n) is 2.05. The SMILES string of the molecule is CCOc1c(Br)cc(CNC(C)c2cn[nH]c2)cc1OC. The molecule has 0 aliphatic heterocycles. The molecule has 0 bridgehead atoms. The number of hydrogen-bond donors (Lipinski definition) is 2. The summed E-state index contributed by atoms with van der Waals surface area (Å²) in [6.07, 6.45) is 3.72. The first-order valence-corrected chi connectivity index (χ1v) is 7.66. The van der Waals surface area contributed by atoms with Gasteiger partial charge < -0.3 is 14.8 Å². The average molecular weight is 354 g/mol. The summed E-state index contributed by atoms with van der Waals surface area (Å²) in [6, 6.07) is 4.26. The fraction of sp³-hybridized carbons (Fsp3) is 0.400. The molecule has 1 atom stereocenters. The van der Waals surface area contributed by atoms with Crippen molar-refractivity contribution >= 4 is 15.9 Å². The summed E-state index contributed by atoms with van der Waals surface area (Å²) in [4.78, 5) is 0. The Kier molecular flexibility index (Phi) is 5.64. The molecule has 0 aliphatic rings.